The number of alkyl carbamates (subject to hydrolysis) is 1. The maximum Gasteiger partial charge on any atom is 0.408 e. The van der Waals surface area contributed by atoms with Gasteiger partial charge in [0.25, 0.3) is 0 Å². The van der Waals surface area contributed by atoms with Crippen LogP contribution in [-0.4, -0.2) is 60.7 Å². The van der Waals surface area contributed by atoms with Crippen LogP contribution >= 0.6 is 0 Å². The Morgan fingerprint density at radius 3 is 2.28 bits per heavy atom. The van der Waals surface area contributed by atoms with Gasteiger partial charge in [-0.25, -0.2) is 4.79 Å². The molecule has 1 aliphatic rings. The molecule has 1 heterocycles. The summed E-state index contributed by atoms with van der Waals surface area (Å²) < 4.78 is 10.7. The van der Waals surface area contributed by atoms with Crippen LogP contribution in [0.5, 0.6) is 5.75 Å². The second kappa shape index (κ2) is 12.4. The highest BCUT2D eigenvalue weighted by Gasteiger charge is 2.29. The maximum absolute atomic E-state index is 13.2. The molecule has 0 saturated carbocycles. The maximum atomic E-state index is 13.2. The van der Waals surface area contributed by atoms with Gasteiger partial charge in [-0.1, -0.05) is 48.5 Å². The van der Waals surface area contributed by atoms with Crippen molar-refractivity contribution >= 4 is 17.9 Å². The lowest BCUT2D eigenvalue weighted by atomic mass is 10.0. The normalized spacial score (nSPS) is 15.1. The van der Waals surface area contributed by atoms with E-state index >= 15 is 0 Å². The van der Waals surface area contributed by atoms with Crippen LogP contribution in [0.25, 0.3) is 0 Å². The van der Waals surface area contributed by atoms with Gasteiger partial charge in [-0.2, -0.15) is 0 Å². The Hall–Kier alpha value is -3.55. The molecular formula is C28H37N3O5. The summed E-state index contributed by atoms with van der Waals surface area (Å²) in [4.78, 5) is 40.2. The largest absolute Gasteiger partial charge is 0.496 e. The zero-order chi connectivity index (χ0) is 26.1. The van der Waals surface area contributed by atoms with Crippen molar-refractivity contribution in [3.63, 3.8) is 0 Å². The minimum Gasteiger partial charge on any atom is -0.496 e. The fourth-order valence-electron chi connectivity index (χ4n) is 4.21. The number of carbonyl (C=O) groups excluding carboxylic acids is 3. The van der Waals surface area contributed by atoms with Gasteiger partial charge in [0.15, 0.2) is 0 Å². The molecule has 1 saturated heterocycles. The molecule has 8 nitrogen and oxygen atoms in total. The van der Waals surface area contributed by atoms with Crippen molar-refractivity contribution < 1.29 is 23.9 Å². The number of ether oxygens (including phenoxy) is 2. The number of nitrogens with one attached hydrogen (secondary N) is 2. The highest BCUT2D eigenvalue weighted by molar-refractivity contribution is 5.86. The molecule has 2 aromatic rings. The zero-order valence-corrected chi connectivity index (χ0v) is 21.6. The van der Waals surface area contributed by atoms with Crippen molar-refractivity contribution in [1.29, 1.82) is 0 Å². The average molecular weight is 496 g/mol. The Kier molecular flexibility index (Phi) is 9.33. The van der Waals surface area contributed by atoms with Gasteiger partial charge in [-0.15, -0.1) is 0 Å². The summed E-state index contributed by atoms with van der Waals surface area (Å²) in [6, 6.07) is 16.2. The highest BCUT2D eigenvalue weighted by Crippen LogP contribution is 2.20. The van der Waals surface area contributed by atoms with Gasteiger partial charge < -0.3 is 25.0 Å². The molecule has 194 valence electrons. The lowest BCUT2D eigenvalue weighted by Gasteiger charge is -2.33. The predicted octanol–water partition coefficient (Wildman–Crippen LogP) is 3.48. The topological polar surface area (TPSA) is 97.0 Å². The number of methoxy groups -OCH3 is 1. The van der Waals surface area contributed by atoms with Crippen LogP contribution in [-0.2, 0) is 27.2 Å². The standard InChI is InChI=1S/C28H37N3O5/c1-28(2,3)36-27(34)30-23(18-20-10-6-5-7-11-20)26(33)29-22-14-16-31(17-15-22)25(32)19-21-12-8-9-13-24(21)35-4/h5-13,22-23H,14-19H2,1-4H3,(H,29,33)(H,30,34). The second-order valence-corrected chi connectivity index (χ2v) is 10.0. The number of nitrogens with zero attached hydrogens (tertiary/aromatic N) is 1. The molecular weight excluding hydrogens is 458 g/mol. The van der Waals surface area contributed by atoms with Crippen LogP contribution in [0.2, 0.25) is 0 Å². The van der Waals surface area contributed by atoms with Crippen molar-refractivity contribution in [2.75, 3.05) is 20.2 Å². The highest BCUT2D eigenvalue weighted by atomic mass is 16.6. The summed E-state index contributed by atoms with van der Waals surface area (Å²) >= 11 is 0. The van der Waals surface area contributed by atoms with Crippen molar-refractivity contribution in [2.24, 2.45) is 0 Å². The molecule has 0 radical (unpaired) electrons. The molecule has 1 atom stereocenters. The summed E-state index contributed by atoms with van der Waals surface area (Å²) in [5, 5.41) is 5.79. The summed E-state index contributed by atoms with van der Waals surface area (Å²) in [5.74, 6) is 0.483. The number of carbonyl (C=O) groups is 3. The number of rotatable bonds is 8. The molecule has 8 heteroatoms. The molecule has 1 aliphatic heterocycles. The minimum atomic E-state index is -0.771. The van der Waals surface area contributed by atoms with Crippen LogP contribution in [0.1, 0.15) is 44.7 Å². The second-order valence-electron chi connectivity index (χ2n) is 10.0. The van der Waals surface area contributed by atoms with E-state index in [0.717, 1.165) is 11.1 Å². The van der Waals surface area contributed by atoms with Gasteiger partial charge in [0.05, 0.1) is 13.5 Å². The molecule has 3 rings (SSSR count). The van der Waals surface area contributed by atoms with Gasteiger partial charge in [-0.3, -0.25) is 9.59 Å². The molecule has 36 heavy (non-hydrogen) atoms. The number of hydrogen-bond donors (Lipinski definition) is 2. The predicted molar refractivity (Wildman–Crippen MR) is 138 cm³/mol. The van der Waals surface area contributed by atoms with E-state index in [0.29, 0.717) is 38.1 Å². The molecule has 1 unspecified atom stereocenters. The number of amides is 3. The summed E-state index contributed by atoms with van der Waals surface area (Å²) in [7, 11) is 1.60. The monoisotopic (exact) mass is 495 g/mol. The van der Waals surface area contributed by atoms with Crippen LogP contribution in [0, 0.1) is 0 Å². The Labute approximate surface area is 213 Å². The van der Waals surface area contributed by atoms with Gasteiger partial charge in [0.1, 0.15) is 17.4 Å². The number of hydrogen-bond acceptors (Lipinski definition) is 5. The average Bonchev–Trinajstić information content (AvgIpc) is 2.84. The summed E-state index contributed by atoms with van der Waals surface area (Å²) in [6.07, 6.45) is 1.29. The Morgan fingerprint density at radius 1 is 1.00 bits per heavy atom. The first-order chi connectivity index (χ1) is 17.1. The number of benzene rings is 2. The molecule has 2 aromatic carbocycles. The van der Waals surface area contributed by atoms with Crippen molar-refractivity contribution in [2.45, 2.75) is 64.1 Å². The van der Waals surface area contributed by atoms with E-state index in [4.69, 9.17) is 9.47 Å². The lowest BCUT2D eigenvalue weighted by molar-refractivity contribution is -0.131. The third-order valence-electron chi connectivity index (χ3n) is 6.02. The molecule has 3 amide bonds. The first kappa shape index (κ1) is 27.0. The fourth-order valence-corrected chi connectivity index (χ4v) is 4.21. The fraction of sp³-hybridized carbons (Fsp3) is 0.464. The van der Waals surface area contributed by atoms with Crippen molar-refractivity contribution in [3.8, 4) is 5.75 Å². The molecule has 0 spiro atoms. The Balaban J connectivity index is 1.56. The Morgan fingerprint density at radius 2 is 1.64 bits per heavy atom. The SMILES string of the molecule is COc1ccccc1CC(=O)N1CCC(NC(=O)C(Cc2ccccc2)NC(=O)OC(C)(C)C)CC1. The van der Waals surface area contributed by atoms with E-state index < -0.39 is 17.7 Å². The third kappa shape index (κ3) is 8.29. The van der Waals surface area contributed by atoms with Crippen LogP contribution < -0.4 is 15.4 Å². The molecule has 2 N–H and O–H groups in total. The first-order valence-corrected chi connectivity index (χ1v) is 12.4. The van der Waals surface area contributed by atoms with E-state index in [1.165, 1.54) is 0 Å². The summed E-state index contributed by atoms with van der Waals surface area (Å²) in [6.45, 7) is 6.45. The molecule has 1 fully saturated rings. The number of likely N-dealkylation sites (tertiary alicyclic amines) is 1. The van der Waals surface area contributed by atoms with Gasteiger partial charge >= 0.3 is 6.09 Å². The third-order valence-corrected chi connectivity index (χ3v) is 6.02. The van der Waals surface area contributed by atoms with E-state index in [-0.39, 0.29) is 24.3 Å². The van der Waals surface area contributed by atoms with Gasteiger partial charge in [-0.05, 0) is 45.2 Å². The van der Waals surface area contributed by atoms with E-state index in [9.17, 15) is 14.4 Å². The summed E-state index contributed by atoms with van der Waals surface area (Å²) in [5.41, 5.74) is 1.13. The minimum absolute atomic E-state index is 0.0397. The molecule has 0 bridgehead atoms. The van der Waals surface area contributed by atoms with Crippen molar-refractivity contribution in [3.05, 3.63) is 65.7 Å². The van der Waals surface area contributed by atoms with E-state index in [1.807, 2.05) is 59.5 Å². The zero-order valence-electron chi connectivity index (χ0n) is 21.6. The number of para-hydroxylation sites is 1. The first-order valence-electron chi connectivity index (χ1n) is 12.4. The van der Waals surface area contributed by atoms with Crippen LogP contribution in [0.3, 0.4) is 0 Å². The van der Waals surface area contributed by atoms with Gasteiger partial charge in [0.2, 0.25) is 11.8 Å². The Bertz CT molecular complexity index is 1030. The van der Waals surface area contributed by atoms with E-state index in [2.05, 4.69) is 10.6 Å². The van der Waals surface area contributed by atoms with Crippen LogP contribution in [0.15, 0.2) is 54.6 Å². The van der Waals surface area contributed by atoms with Crippen molar-refractivity contribution in [1.82, 2.24) is 15.5 Å². The number of piperidine rings is 1. The smallest absolute Gasteiger partial charge is 0.408 e. The molecule has 0 aromatic heterocycles. The lowest BCUT2D eigenvalue weighted by Crippen LogP contribution is -2.54. The van der Waals surface area contributed by atoms with E-state index in [1.54, 1.807) is 27.9 Å². The quantitative estimate of drug-likeness (QED) is 0.585. The van der Waals surface area contributed by atoms with Gasteiger partial charge in [0, 0.05) is 31.1 Å². The molecule has 0 aliphatic carbocycles. The van der Waals surface area contributed by atoms with Crippen LogP contribution in [0.4, 0.5) is 4.79 Å².